The van der Waals surface area contributed by atoms with Crippen molar-refractivity contribution in [3.8, 4) is 0 Å². The van der Waals surface area contributed by atoms with Crippen molar-refractivity contribution in [2.45, 2.75) is 25.4 Å². The van der Waals surface area contributed by atoms with Gasteiger partial charge in [0, 0.05) is 25.5 Å². The number of nitrogens with zero attached hydrogens (tertiary/aromatic N) is 3. The Labute approximate surface area is 91.3 Å². The van der Waals surface area contributed by atoms with Crippen molar-refractivity contribution in [3.63, 3.8) is 0 Å². The van der Waals surface area contributed by atoms with Crippen molar-refractivity contribution < 1.29 is 0 Å². The topological polar surface area (TPSA) is 33.1 Å². The molecule has 2 heterocycles. The summed E-state index contributed by atoms with van der Waals surface area (Å²) in [4.78, 5) is 6.69. The number of hydrogen-bond donors (Lipinski definition) is 1. The Kier molecular flexibility index (Phi) is 3.38. The molecule has 0 radical (unpaired) electrons. The summed E-state index contributed by atoms with van der Waals surface area (Å²) in [6, 6.07) is 0.665. The van der Waals surface area contributed by atoms with E-state index >= 15 is 0 Å². The second-order valence-electron chi connectivity index (χ2n) is 4.41. The van der Waals surface area contributed by atoms with Gasteiger partial charge in [-0.15, -0.1) is 0 Å². The van der Waals surface area contributed by atoms with Gasteiger partial charge in [0.15, 0.2) is 0 Å². The molecule has 1 aromatic heterocycles. The lowest BCUT2D eigenvalue weighted by atomic mass is 10.1. The average Bonchev–Trinajstić information content (AvgIpc) is 2.63. The number of nitrogens with one attached hydrogen (secondary N) is 1. The number of aryl methyl sites for hydroxylation is 1. The molecular formula is C11H20N4. The molecule has 1 aliphatic heterocycles. The molecule has 15 heavy (non-hydrogen) atoms. The van der Waals surface area contributed by atoms with Crippen LogP contribution in [0.1, 0.15) is 18.7 Å². The third-order valence-corrected chi connectivity index (χ3v) is 3.19. The van der Waals surface area contributed by atoms with Gasteiger partial charge in [-0.3, -0.25) is 0 Å². The van der Waals surface area contributed by atoms with Gasteiger partial charge in [0.2, 0.25) is 0 Å². The van der Waals surface area contributed by atoms with Crippen LogP contribution in [0.15, 0.2) is 12.4 Å². The molecule has 0 aromatic carbocycles. The highest BCUT2D eigenvalue weighted by molar-refractivity contribution is 4.91. The molecule has 0 saturated carbocycles. The molecule has 4 heteroatoms. The summed E-state index contributed by atoms with van der Waals surface area (Å²) in [5.74, 6) is 1.12. The summed E-state index contributed by atoms with van der Waals surface area (Å²) >= 11 is 0. The van der Waals surface area contributed by atoms with Crippen LogP contribution in [0.25, 0.3) is 0 Å². The van der Waals surface area contributed by atoms with Gasteiger partial charge in [0.1, 0.15) is 5.82 Å². The molecule has 0 amide bonds. The molecule has 1 fully saturated rings. The Balaban J connectivity index is 1.77. The van der Waals surface area contributed by atoms with Crippen LogP contribution in [0.5, 0.6) is 0 Å². The number of piperidine rings is 1. The molecular weight excluding hydrogens is 188 g/mol. The summed E-state index contributed by atoms with van der Waals surface area (Å²) in [6.45, 7) is 3.30. The first kappa shape index (κ1) is 10.6. The minimum Gasteiger partial charge on any atom is -0.337 e. The van der Waals surface area contributed by atoms with E-state index in [1.807, 2.05) is 19.4 Å². The van der Waals surface area contributed by atoms with Crippen LogP contribution >= 0.6 is 0 Å². The quantitative estimate of drug-likeness (QED) is 0.790. The van der Waals surface area contributed by atoms with Crippen LogP contribution in [-0.2, 0) is 13.6 Å². The second-order valence-corrected chi connectivity index (χ2v) is 4.41. The smallest absolute Gasteiger partial charge is 0.122 e. The first-order valence-corrected chi connectivity index (χ1v) is 5.64. The third-order valence-electron chi connectivity index (χ3n) is 3.19. The van der Waals surface area contributed by atoms with E-state index in [0.717, 1.165) is 12.4 Å². The molecule has 0 atom stereocenters. The molecule has 0 aliphatic carbocycles. The minimum atomic E-state index is 0.665. The highest BCUT2D eigenvalue weighted by Crippen LogP contribution is 2.08. The van der Waals surface area contributed by atoms with Crippen molar-refractivity contribution >= 4 is 0 Å². The summed E-state index contributed by atoms with van der Waals surface area (Å²) < 4.78 is 2.07. The van der Waals surface area contributed by atoms with E-state index in [1.165, 1.54) is 25.9 Å². The van der Waals surface area contributed by atoms with E-state index < -0.39 is 0 Å². The molecule has 1 N–H and O–H groups in total. The van der Waals surface area contributed by atoms with Crippen LogP contribution in [-0.4, -0.2) is 40.6 Å². The summed E-state index contributed by atoms with van der Waals surface area (Å²) in [7, 11) is 4.23. The molecule has 0 spiro atoms. The molecule has 1 saturated heterocycles. The Morgan fingerprint density at radius 3 is 2.73 bits per heavy atom. The molecule has 1 aromatic rings. The van der Waals surface area contributed by atoms with Crippen LogP contribution < -0.4 is 5.32 Å². The molecule has 0 bridgehead atoms. The fraction of sp³-hybridized carbons (Fsp3) is 0.727. The SMILES string of the molecule is CN1CCC(NCc2nccn2C)CC1. The maximum absolute atomic E-state index is 4.31. The van der Waals surface area contributed by atoms with Crippen LogP contribution in [0.3, 0.4) is 0 Å². The zero-order valence-corrected chi connectivity index (χ0v) is 9.61. The lowest BCUT2D eigenvalue weighted by Crippen LogP contribution is -2.40. The van der Waals surface area contributed by atoms with Gasteiger partial charge in [-0.25, -0.2) is 4.98 Å². The largest absolute Gasteiger partial charge is 0.337 e. The summed E-state index contributed by atoms with van der Waals surface area (Å²) in [5.41, 5.74) is 0. The van der Waals surface area contributed by atoms with Crippen molar-refractivity contribution in [3.05, 3.63) is 18.2 Å². The number of hydrogen-bond acceptors (Lipinski definition) is 3. The Morgan fingerprint density at radius 2 is 2.13 bits per heavy atom. The first-order chi connectivity index (χ1) is 7.25. The van der Waals surface area contributed by atoms with Gasteiger partial charge < -0.3 is 14.8 Å². The Bertz CT molecular complexity index is 299. The van der Waals surface area contributed by atoms with Crippen molar-refractivity contribution in [2.24, 2.45) is 7.05 Å². The number of rotatable bonds is 3. The predicted molar refractivity (Wildman–Crippen MR) is 60.6 cm³/mol. The van der Waals surface area contributed by atoms with Gasteiger partial charge >= 0.3 is 0 Å². The van der Waals surface area contributed by atoms with Gasteiger partial charge in [-0.1, -0.05) is 0 Å². The Hall–Kier alpha value is -0.870. The molecule has 0 unspecified atom stereocenters. The van der Waals surface area contributed by atoms with E-state index in [2.05, 4.69) is 26.8 Å². The number of likely N-dealkylation sites (tertiary alicyclic amines) is 1. The first-order valence-electron chi connectivity index (χ1n) is 5.64. The number of imidazole rings is 1. The lowest BCUT2D eigenvalue weighted by molar-refractivity contribution is 0.233. The standard InChI is InChI=1S/C11H20N4/c1-14-6-3-10(4-7-14)13-9-11-12-5-8-15(11)2/h5,8,10,13H,3-4,6-7,9H2,1-2H3. The maximum Gasteiger partial charge on any atom is 0.122 e. The fourth-order valence-electron chi connectivity index (χ4n) is 2.02. The zero-order chi connectivity index (χ0) is 10.7. The van der Waals surface area contributed by atoms with E-state index in [4.69, 9.17) is 0 Å². The summed E-state index contributed by atoms with van der Waals surface area (Å²) in [6.07, 6.45) is 6.35. The monoisotopic (exact) mass is 208 g/mol. The lowest BCUT2D eigenvalue weighted by Gasteiger charge is -2.29. The summed E-state index contributed by atoms with van der Waals surface area (Å²) in [5, 5.41) is 3.58. The van der Waals surface area contributed by atoms with Crippen LogP contribution in [0.4, 0.5) is 0 Å². The van der Waals surface area contributed by atoms with Crippen LogP contribution in [0, 0.1) is 0 Å². The van der Waals surface area contributed by atoms with Crippen molar-refractivity contribution in [2.75, 3.05) is 20.1 Å². The molecule has 84 valence electrons. The van der Waals surface area contributed by atoms with Crippen molar-refractivity contribution in [1.82, 2.24) is 19.8 Å². The van der Waals surface area contributed by atoms with Gasteiger partial charge in [0.25, 0.3) is 0 Å². The molecule has 2 rings (SSSR count). The van der Waals surface area contributed by atoms with E-state index in [9.17, 15) is 0 Å². The van der Waals surface area contributed by atoms with E-state index in [1.54, 1.807) is 0 Å². The fourth-order valence-corrected chi connectivity index (χ4v) is 2.02. The Morgan fingerprint density at radius 1 is 1.40 bits per heavy atom. The van der Waals surface area contributed by atoms with Crippen LogP contribution in [0.2, 0.25) is 0 Å². The zero-order valence-electron chi connectivity index (χ0n) is 9.61. The highest BCUT2D eigenvalue weighted by Gasteiger charge is 2.16. The number of aromatic nitrogens is 2. The van der Waals surface area contributed by atoms with Gasteiger partial charge in [0.05, 0.1) is 6.54 Å². The third kappa shape index (κ3) is 2.79. The normalized spacial score (nSPS) is 19.6. The maximum atomic E-state index is 4.31. The average molecular weight is 208 g/mol. The predicted octanol–water partition coefficient (Wildman–Crippen LogP) is 0.604. The van der Waals surface area contributed by atoms with Gasteiger partial charge in [-0.2, -0.15) is 0 Å². The molecule has 1 aliphatic rings. The van der Waals surface area contributed by atoms with E-state index in [-0.39, 0.29) is 0 Å². The minimum absolute atomic E-state index is 0.665. The van der Waals surface area contributed by atoms with Gasteiger partial charge in [-0.05, 0) is 33.0 Å². The second kappa shape index (κ2) is 4.77. The van der Waals surface area contributed by atoms with Crippen molar-refractivity contribution in [1.29, 1.82) is 0 Å². The van der Waals surface area contributed by atoms with E-state index in [0.29, 0.717) is 6.04 Å². The highest BCUT2D eigenvalue weighted by atomic mass is 15.1. The molecule has 4 nitrogen and oxygen atoms in total.